The van der Waals surface area contributed by atoms with E-state index in [1.807, 2.05) is 7.05 Å². The normalized spacial score (nSPS) is 22.4. The summed E-state index contributed by atoms with van der Waals surface area (Å²) in [5.74, 6) is 1.59. The third-order valence-electron chi connectivity index (χ3n) is 2.15. The highest BCUT2D eigenvalue weighted by atomic mass is 16.5. The molecule has 0 bridgehead atoms. The van der Waals surface area contributed by atoms with Crippen molar-refractivity contribution in [2.45, 2.75) is 25.5 Å². The van der Waals surface area contributed by atoms with Crippen LogP contribution < -0.4 is 5.32 Å². The predicted molar refractivity (Wildman–Crippen MR) is 47.2 cm³/mol. The highest BCUT2D eigenvalue weighted by molar-refractivity contribution is 4.99. The molecule has 4 nitrogen and oxygen atoms in total. The van der Waals surface area contributed by atoms with E-state index >= 15 is 0 Å². The lowest BCUT2D eigenvalue weighted by Crippen LogP contribution is -2.04. The van der Waals surface area contributed by atoms with Crippen LogP contribution in [0.5, 0.6) is 0 Å². The van der Waals surface area contributed by atoms with Gasteiger partial charge in [-0.25, -0.2) is 4.98 Å². The summed E-state index contributed by atoms with van der Waals surface area (Å²) in [6.07, 6.45) is 4.07. The number of oxazole rings is 1. The molecule has 4 heteroatoms. The van der Waals surface area contributed by atoms with E-state index in [2.05, 4.69) is 10.3 Å². The molecule has 0 amide bonds. The van der Waals surface area contributed by atoms with Gasteiger partial charge in [0.15, 0.2) is 5.76 Å². The Bertz CT molecular complexity index is 266. The first-order valence-corrected chi connectivity index (χ1v) is 4.61. The molecule has 2 rings (SSSR count). The Morgan fingerprint density at radius 1 is 1.69 bits per heavy atom. The van der Waals surface area contributed by atoms with Gasteiger partial charge in [0.05, 0.1) is 12.7 Å². The Kier molecular flexibility index (Phi) is 2.61. The van der Waals surface area contributed by atoms with Crippen LogP contribution in [0.3, 0.4) is 0 Å². The van der Waals surface area contributed by atoms with Crippen molar-refractivity contribution in [2.75, 3.05) is 13.7 Å². The van der Waals surface area contributed by atoms with Crippen LogP contribution in [-0.2, 0) is 11.3 Å². The molecule has 0 aliphatic carbocycles. The molecular formula is C9H14N2O2. The summed E-state index contributed by atoms with van der Waals surface area (Å²) in [4.78, 5) is 4.14. The molecule has 1 N–H and O–H groups in total. The van der Waals surface area contributed by atoms with E-state index < -0.39 is 0 Å². The van der Waals surface area contributed by atoms with Gasteiger partial charge in [-0.05, 0) is 19.9 Å². The molecule has 1 aromatic heterocycles. The summed E-state index contributed by atoms with van der Waals surface area (Å²) in [6.45, 7) is 1.51. The van der Waals surface area contributed by atoms with Gasteiger partial charge in [-0.15, -0.1) is 0 Å². The van der Waals surface area contributed by atoms with Gasteiger partial charge in [-0.3, -0.25) is 0 Å². The van der Waals surface area contributed by atoms with Crippen LogP contribution >= 0.6 is 0 Å². The molecule has 0 saturated carbocycles. The van der Waals surface area contributed by atoms with E-state index in [0.717, 1.165) is 31.1 Å². The number of rotatable bonds is 3. The molecule has 0 radical (unpaired) electrons. The maximum atomic E-state index is 5.51. The highest BCUT2D eigenvalue weighted by Gasteiger charge is 2.21. The lowest BCUT2D eigenvalue weighted by Gasteiger charge is -2.03. The van der Waals surface area contributed by atoms with Crippen LogP contribution in [0.2, 0.25) is 0 Å². The van der Waals surface area contributed by atoms with E-state index in [1.54, 1.807) is 6.20 Å². The number of aromatic nitrogens is 1. The van der Waals surface area contributed by atoms with Crippen molar-refractivity contribution < 1.29 is 9.15 Å². The van der Waals surface area contributed by atoms with Gasteiger partial charge in [0.1, 0.15) is 6.10 Å². The number of nitrogens with one attached hydrogen (secondary N) is 1. The molecule has 1 fully saturated rings. The zero-order chi connectivity index (χ0) is 9.10. The van der Waals surface area contributed by atoms with Gasteiger partial charge in [0.25, 0.3) is 0 Å². The van der Waals surface area contributed by atoms with Crippen molar-refractivity contribution in [1.29, 1.82) is 0 Å². The van der Waals surface area contributed by atoms with E-state index in [9.17, 15) is 0 Å². The third kappa shape index (κ3) is 1.89. The minimum absolute atomic E-state index is 0.137. The average Bonchev–Trinajstić information content (AvgIpc) is 2.70. The lowest BCUT2D eigenvalue weighted by atomic mass is 10.2. The minimum atomic E-state index is 0.137. The molecule has 1 saturated heterocycles. The standard InChI is InChI=1S/C9H14N2O2/c1-10-6-9-11-5-8(13-9)7-3-2-4-12-7/h5,7,10H,2-4,6H2,1H3. The molecule has 2 heterocycles. The first-order chi connectivity index (χ1) is 6.40. The quantitative estimate of drug-likeness (QED) is 0.764. The van der Waals surface area contributed by atoms with Crippen molar-refractivity contribution in [3.05, 3.63) is 17.8 Å². The Morgan fingerprint density at radius 3 is 3.31 bits per heavy atom. The second-order valence-corrected chi connectivity index (χ2v) is 3.19. The van der Waals surface area contributed by atoms with E-state index in [4.69, 9.17) is 9.15 Å². The van der Waals surface area contributed by atoms with Crippen LogP contribution in [-0.4, -0.2) is 18.6 Å². The zero-order valence-electron chi connectivity index (χ0n) is 7.75. The van der Waals surface area contributed by atoms with Gasteiger partial charge in [0.2, 0.25) is 5.89 Å². The second kappa shape index (κ2) is 3.89. The molecule has 13 heavy (non-hydrogen) atoms. The molecule has 1 aliphatic heterocycles. The number of nitrogens with zero attached hydrogens (tertiary/aromatic N) is 1. The van der Waals surface area contributed by atoms with Crippen LogP contribution in [0.1, 0.15) is 30.6 Å². The molecule has 1 atom stereocenters. The van der Waals surface area contributed by atoms with Gasteiger partial charge >= 0.3 is 0 Å². The summed E-state index contributed by atoms with van der Waals surface area (Å²) >= 11 is 0. The summed E-state index contributed by atoms with van der Waals surface area (Å²) in [7, 11) is 1.87. The van der Waals surface area contributed by atoms with Crippen LogP contribution in [0.15, 0.2) is 10.6 Å². The first-order valence-electron chi connectivity index (χ1n) is 4.61. The Balaban J connectivity index is 2.03. The predicted octanol–water partition coefficient (Wildman–Crippen LogP) is 1.25. The first kappa shape index (κ1) is 8.72. The van der Waals surface area contributed by atoms with Gasteiger partial charge in [-0.1, -0.05) is 0 Å². The Hall–Kier alpha value is -0.870. The van der Waals surface area contributed by atoms with Crippen LogP contribution in [0, 0.1) is 0 Å². The zero-order valence-corrected chi connectivity index (χ0v) is 7.75. The maximum Gasteiger partial charge on any atom is 0.208 e. The summed E-state index contributed by atoms with van der Waals surface area (Å²) in [5.41, 5.74) is 0. The van der Waals surface area contributed by atoms with Crippen molar-refractivity contribution in [1.82, 2.24) is 10.3 Å². The fraction of sp³-hybridized carbons (Fsp3) is 0.667. The number of ether oxygens (including phenoxy) is 1. The number of hydrogen-bond acceptors (Lipinski definition) is 4. The Labute approximate surface area is 77.3 Å². The second-order valence-electron chi connectivity index (χ2n) is 3.19. The molecule has 72 valence electrons. The number of hydrogen-bond donors (Lipinski definition) is 1. The topological polar surface area (TPSA) is 47.3 Å². The van der Waals surface area contributed by atoms with Gasteiger partial charge in [-0.2, -0.15) is 0 Å². The lowest BCUT2D eigenvalue weighted by molar-refractivity contribution is 0.0924. The van der Waals surface area contributed by atoms with E-state index in [-0.39, 0.29) is 6.10 Å². The SMILES string of the molecule is CNCc1ncc(C2CCCO2)o1. The van der Waals surface area contributed by atoms with E-state index in [0.29, 0.717) is 6.54 Å². The van der Waals surface area contributed by atoms with Crippen molar-refractivity contribution in [3.8, 4) is 0 Å². The average molecular weight is 182 g/mol. The van der Waals surface area contributed by atoms with Gasteiger partial charge in [0, 0.05) is 6.61 Å². The summed E-state index contributed by atoms with van der Waals surface area (Å²) in [6, 6.07) is 0. The molecular weight excluding hydrogens is 168 g/mol. The third-order valence-corrected chi connectivity index (χ3v) is 2.15. The molecule has 1 unspecified atom stereocenters. The molecule has 0 aromatic carbocycles. The van der Waals surface area contributed by atoms with Crippen molar-refractivity contribution >= 4 is 0 Å². The highest BCUT2D eigenvalue weighted by Crippen LogP contribution is 2.28. The monoisotopic (exact) mass is 182 g/mol. The molecule has 1 aliphatic rings. The van der Waals surface area contributed by atoms with E-state index in [1.165, 1.54) is 0 Å². The summed E-state index contributed by atoms with van der Waals surface area (Å²) in [5, 5.41) is 2.99. The Morgan fingerprint density at radius 2 is 2.62 bits per heavy atom. The van der Waals surface area contributed by atoms with Crippen LogP contribution in [0.4, 0.5) is 0 Å². The molecule has 0 spiro atoms. The van der Waals surface area contributed by atoms with Gasteiger partial charge < -0.3 is 14.5 Å². The maximum absolute atomic E-state index is 5.51. The smallest absolute Gasteiger partial charge is 0.208 e. The fourth-order valence-corrected chi connectivity index (χ4v) is 1.51. The molecule has 1 aromatic rings. The summed E-state index contributed by atoms with van der Waals surface area (Å²) < 4.78 is 11.0. The van der Waals surface area contributed by atoms with Crippen molar-refractivity contribution in [2.24, 2.45) is 0 Å². The van der Waals surface area contributed by atoms with Crippen molar-refractivity contribution in [3.63, 3.8) is 0 Å². The fourth-order valence-electron chi connectivity index (χ4n) is 1.51. The largest absolute Gasteiger partial charge is 0.442 e. The minimum Gasteiger partial charge on any atom is -0.442 e. The van der Waals surface area contributed by atoms with Crippen LogP contribution in [0.25, 0.3) is 0 Å².